The predicted molar refractivity (Wildman–Crippen MR) is 98.2 cm³/mol. The maximum Gasteiger partial charge on any atom is 0.337 e. The largest absolute Gasteiger partial charge is 0.465 e. The number of hydrogen-bond donors (Lipinski definition) is 1. The monoisotopic (exact) mass is 406 g/mol. The van der Waals surface area contributed by atoms with Crippen molar-refractivity contribution in [2.75, 3.05) is 19.0 Å². The average Bonchev–Trinajstić information content (AvgIpc) is 2.86. The van der Waals surface area contributed by atoms with Crippen molar-refractivity contribution in [1.29, 1.82) is 0 Å². The summed E-state index contributed by atoms with van der Waals surface area (Å²) in [6.07, 6.45) is 0. The zero-order chi connectivity index (χ0) is 19.7. The number of fused-ring (bicyclic) bond motifs is 1. The summed E-state index contributed by atoms with van der Waals surface area (Å²) < 4.78 is 4.62. The molecule has 0 radical (unpaired) electrons. The molecule has 0 spiro atoms. The van der Waals surface area contributed by atoms with Gasteiger partial charge in [-0.2, -0.15) is 0 Å². The standard InChI is InChI=1S/C18H12Cl2N2O5/c1-27-18(26)9-3-2-4-10(5-9)21-15(23)8-22-16(24)11-6-13(19)14(20)7-12(11)17(22)25/h2-7H,8H2,1H3,(H,21,23). The van der Waals surface area contributed by atoms with Gasteiger partial charge in [-0.3, -0.25) is 19.3 Å². The molecule has 0 aliphatic carbocycles. The number of anilines is 1. The number of methoxy groups -OCH3 is 1. The van der Waals surface area contributed by atoms with Crippen molar-refractivity contribution >= 4 is 52.6 Å². The number of ether oxygens (including phenoxy) is 1. The van der Waals surface area contributed by atoms with Crippen LogP contribution in [-0.2, 0) is 9.53 Å². The highest BCUT2D eigenvalue weighted by Crippen LogP contribution is 2.31. The first kappa shape index (κ1) is 18.9. The Morgan fingerprint density at radius 3 is 2.19 bits per heavy atom. The van der Waals surface area contributed by atoms with Crippen LogP contribution < -0.4 is 5.32 Å². The van der Waals surface area contributed by atoms with Crippen molar-refractivity contribution in [1.82, 2.24) is 4.90 Å². The molecule has 0 atom stereocenters. The van der Waals surface area contributed by atoms with Gasteiger partial charge in [-0.15, -0.1) is 0 Å². The van der Waals surface area contributed by atoms with Crippen LogP contribution in [0.25, 0.3) is 0 Å². The molecule has 1 heterocycles. The van der Waals surface area contributed by atoms with E-state index in [0.717, 1.165) is 4.90 Å². The number of amides is 3. The highest BCUT2D eigenvalue weighted by molar-refractivity contribution is 6.43. The second kappa shape index (κ2) is 7.38. The minimum Gasteiger partial charge on any atom is -0.465 e. The summed E-state index contributed by atoms with van der Waals surface area (Å²) in [5.74, 6) is -2.43. The summed E-state index contributed by atoms with van der Waals surface area (Å²) in [6, 6.07) is 8.68. The van der Waals surface area contributed by atoms with Crippen molar-refractivity contribution in [2.24, 2.45) is 0 Å². The van der Waals surface area contributed by atoms with Crippen LogP contribution in [0.5, 0.6) is 0 Å². The van der Waals surface area contributed by atoms with Gasteiger partial charge in [0.1, 0.15) is 6.54 Å². The van der Waals surface area contributed by atoms with E-state index in [1.165, 1.54) is 31.4 Å². The number of benzene rings is 2. The van der Waals surface area contributed by atoms with Crippen LogP contribution in [0.15, 0.2) is 36.4 Å². The number of imide groups is 1. The van der Waals surface area contributed by atoms with Gasteiger partial charge in [0, 0.05) is 5.69 Å². The van der Waals surface area contributed by atoms with Crippen LogP contribution in [0, 0.1) is 0 Å². The third-order valence-electron chi connectivity index (χ3n) is 3.88. The number of hydrogen-bond acceptors (Lipinski definition) is 5. The molecule has 3 amide bonds. The molecule has 0 bridgehead atoms. The quantitative estimate of drug-likeness (QED) is 0.622. The van der Waals surface area contributed by atoms with E-state index >= 15 is 0 Å². The summed E-state index contributed by atoms with van der Waals surface area (Å²) in [7, 11) is 1.24. The summed E-state index contributed by atoms with van der Waals surface area (Å²) >= 11 is 11.8. The number of esters is 1. The Labute approximate surface area is 163 Å². The topological polar surface area (TPSA) is 92.8 Å². The molecule has 9 heteroatoms. The van der Waals surface area contributed by atoms with Gasteiger partial charge in [-0.1, -0.05) is 29.3 Å². The molecule has 2 aromatic rings. The lowest BCUT2D eigenvalue weighted by Gasteiger charge is -2.14. The maximum absolute atomic E-state index is 12.4. The van der Waals surface area contributed by atoms with E-state index < -0.39 is 30.2 Å². The van der Waals surface area contributed by atoms with Crippen molar-refractivity contribution in [2.45, 2.75) is 0 Å². The van der Waals surface area contributed by atoms with E-state index in [4.69, 9.17) is 23.2 Å². The van der Waals surface area contributed by atoms with Gasteiger partial charge in [-0.25, -0.2) is 4.79 Å². The van der Waals surface area contributed by atoms with Gasteiger partial charge in [0.2, 0.25) is 5.91 Å². The fourth-order valence-corrected chi connectivity index (χ4v) is 2.94. The Bertz CT molecular complexity index is 949. The number of rotatable bonds is 4. The lowest BCUT2D eigenvalue weighted by Crippen LogP contribution is -2.37. The zero-order valence-corrected chi connectivity index (χ0v) is 15.4. The summed E-state index contributed by atoms with van der Waals surface area (Å²) in [5, 5.41) is 2.82. The first-order valence-corrected chi connectivity index (χ1v) is 8.41. The Balaban J connectivity index is 1.75. The van der Waals surface area contributed by atoms with Crippen molar-refractivity contribution < 1.29 is 23.9 Å². The summed E-state index contributed by atoms with van der Waals surface area (Å²) in [4.78, 5) is 49.4. The van der Waals surface area contributed by atoms with Gasteiger partial charge >= 0.3 is 5.97 Å². The Morgan fingerprint density at radius 1 is 1.04 bits per heavy atom. The summed E-state index contributed by atoms with van der Waals surface area (Å²) in [5.41, 5.74) is 0.760. The first-order chi connectivity index (χ1) is 12.8. The Hall–Kier alpha value is -2.90. The molecular weight excluding hydrogens is 395 g/mol. The highest BCUT2D eigenvalue weighted by atomic mass is 35.5. The number of nitrogens with one attached hydrogen (secondary N) is 1. The smallest absolute Gasteiger partial charge is 0.337 e. The average molecular weight is 407 g/mol. The predicted octanol–water partition coefficient (Wildman–Crippen LogP) is 3.01. The van der Waals surface area contributed by atoms with E-state index in [0.29, 0.717) is 5.69 Å². The molecule has 1 N–H and O–H groups in total. The van der Waals surface area contributed by atoms with Crippen molar-refractivity contribution in [3.63, 3.8) is 0 Å². The molecule has 0 saturated heterocycles. The number of carbonyl (C=O) groups excluding carboxylic acids is 4. The normalized spacial score (nSPS) is 12.8. The maximum atomic E-state index is 12.4. The van der Waals surface area contributed by atoms with Gasteiger partial charge in [0.05, 0.1) is 33.8 Å². The van der Waals surface area contributed by atoms with Crippen molar-refractivity contribution in [3.8, 4) is 0 Å². The van der Waals surface area contributed by atoms with E-state index in [1.807, 2.05) is 0 Å². The second-order valence-electron chi connectivity index (χ2n) is 5.63. The van der Waals surface area contributed by atoms with Crippen LogP contribution in [0.3, 0.4) is 0 Å². The van der Waals surface area contributed by atoms with Gasteiger partial charge in [-0.05, 0) is 30.3 Å². The minimum absolute atomic E-state index is 0.0925. The molecular formula is C18H12Cl2N2O5. The summed E-state index contributed by atoms with van der Waals surface area (Å²) in [6.45, 7) is -0.496. The number of carbonyl (C=O) groups is 4. The molecule has 3 rings (SSSR count). The third-order valence-corrected chi connectivity index (χ3v) is 4.60. The van der Waals surface area contributed by atoms with Gasteiger partial charge in [0.25, 0.3) is 11.8 Å². The highest BCUT2D eigenvalue weighted by Gasteiger charge is 2.37. The molecule has 1 aliphatic rings. The molecule has 0 saturated carbocycles. The van der Waals surface area contributed by atoms with Crippen LogP contribution in [0.4, 0.5) is 5.69 Å². The lowest BCUT2D eigenvalue weighted by atomic mass is 10.1. The van der Waals surface area contributed by atoms with Crippen LogP contribution in [0.1, 0.15) is 31.1 Å². The lowest BCUT2D eigenvalue weighted by molar-refractivity contribution is -0.116. The van der Waals surface area contributed by atoms with E-state index in [9.17, 15) is 19.2 Å². The van der Waals surface area contributed by atoms with Gasteiger partial charge < -0.3 is 10.1 Å². The Morgan fingerprint density at radius 2 is 1.63 bits per heavy atom. The minimum atomic E-state index is -0.632. The first-order valence-electron chi connectivity index (χ1n) is 7.65. The van der Waals surface area contributed by atoms with Crippen LogP contribution >= 0.6 is 23.2 Å². The van der Waals surface area contributed by atoms with Crippen LogP contribution in [0.2, 0.25) is 10.0 Å². The fraction of sp³-hybridized carbons (Fsp3) is 0.111. The van der Waals surface area contributed by atoms with E-state index in [2.05, 4.69) is 10.1 Å². The van der Waals surface area contributed by atoms with E-state index in [-0.39, 0.29) is 26.7 Å². The molecule has 138 valence electrons. The fourth-order valence-electron chi connectivity index (χ4n) is 2.61. The Kier molecular flexibility index (Phi) is 5.16. The van der Waals surface area contributed by atoms with Crippen LogP contribution in [-0.4, -0.2) is 42.2 Å². The zero-order valence-electron chi connectivity index (χ0n) is 13.9. The molecule has 7 nitrogen and oxygen atoms in total. The molecule has 0 aromatic heterocycles. The molecule has 27 heavy (non-hydrogen) atoms. The molecule has 0 fully saturated rings. The second-order valence-corrected chi connectivity index (χ2v) is 6.44. The van der Waals surface area contributed by atoms with Crippen molar-refractivity contribution in [3.05, 3.63) is 63.1 Å². The molecule has 1 aliphatic heterocycles. The molecule has 2 aromatic carbocycles. The van der Waals surface area contributed by atoms with E-state index in [1.54, 1.807) is 12.1 Å². The number of nitrogens with zero attached hydrogens (tertiary/aromatic N) is 1. The third kappa shape index (κ3) is 3.65. The number of halogens is 2. The van der Waals surface area contributed by atoms with Gasteiger partial charge in [0.15, 0.2) is 0 Å². The molecule has 0 unspecified atom stereocenters. The SMILES string of the molecule is COC(=O)c1cccc(NC(=O)CN2C(=O)c3cc(Cl)c(Cl)cc3C2=O)c1.